The lowest BCUT2D eigenvalue weighted by atomic mass is 10.00. The molecule has 2 saturated heterocycles. The molecule has 0 bridgehead atoms. The van der Waals surface area contributed by atoms with Gasteiger partial charge in [-0.25, -0.2) is 9.78 Å². The standard InChI is InChI=1S/C12H16N6O3/c13-2-4-17-5-8(14-7-17)9(19)18-3-1-12(6-18)10(20)15-11(21)16-12/h5,7H,1-4,6,13H2,(H2,15,16,20,21). The minimum Gasteiger partial charge on any atom is -0.335 e. The van der Waals surface area contributed by atoms with E-state index >= 15 is 0 Å². The molecule has 9 nitrogen and oxygen atoms in total. The Hall–Kier alpha value is -2.42. The Bertz CT molecular complexity index is 612. The van der Waals surface area contributed by atoms with Gasteiger partial charge in [0.05, 0.1) is 12.9 Å². The Balaban J connectivity index is 1.72. The zero-order valence-electron chi connectivity index (χ0n) is 11.3. The molecule has 1 aromatic heterocycles. The van der Waals surface area contributed by atoms with Crippen molar-refractivity contribution in [3.8, 4) is 0 Å². The summed E-state index contributed by atoms with van der Waals surface area (Å²) in [5, 5.41) is 4.81. The van der Waals surface area contributed by atoms with E-state index in [0.29, 0.717) is 31.7 Å². The average molecular weight is 292 g/mol. The second kappa shape index (κ2) is 4.85. The molecule has 0 saturated carbocycles. The summed E-state index contributed by atoms with van der Waals surface area (Å²) in [4.78, 5) is 41.1. The Morgan fingerprint density at radius 3 is 2.95 bits per heavy atom. The van der Waals surface area contributed by atoms with Crippen molar-refractivity contribution in [2.75, 3.05) is 19.6 Å². The maximum atomic E-state index is 12.4. The van der Waals surface area contributed by atoms with Crippen LogP contribution in [0.1, 0.15) is 16.9 Å². The molecule has 0 radical (unpaired) electrons. The smallest absolute Gasteiger partial charge is 0.322 e. The Morgan fingerprint density at radius 1 is 1.48 bits per heavy atom. The number of rotatable bonds is 3. The van der Waals surface area contributed by atoms with Gasteiger partial charge in [0.2, 0.25) is 0 Å². The van der Waals surface area contributed by atoms with Crippen LogP contribution in [0.3, 0.4) is 0 Å². The molecule has 0 aromatic carbocycles. The second-order valence-electron chi connectivity index (χ2n) is 5.25. The number of likely N-dealkylation sites (tertiary alicyclic amines) is 1. The van der Waals surface area contributed by atoms with Crippen LogP contribution < -0.4 is 16.4 Å². The van der Waals surface area contributed by atoms with Crippen LogP contribution in [0.25, 0.3) is 0 Å². The van der Waals surface area contributed by atoms with Crippen LogP contribution in [0.5, 0.6) is 0 Å². The van der Waals surface area contributed by atoms with Crippen LogP contribution in [0.2, 0.25) is 0 Å². The van der Waals surface area contributed by atoms with E-state index < -0.39 is 11.6 Å². The van der Waals surface area contributed by atoms with Gasteiger partial charge < -0.3 is 20.5 Å². The van der Waals surface area contributed by atoms with Crippen molar-refractivity contribution in [2.45, 2.75) is 18.5 Å². The summed E-state index contributed by atoms with van der Waals surface area (Å²) in [6.07, 6.45) is 3.59. The quantitative estimate of drug-likeness (QED) is 0.571. The van der Waals surface area contributed by atoms with Gasteiger partial charge in [-0.2, -0.15) is 0 Å². The number of imide groups is 1. The first-order chi connectivity index (χ1) is 10.0. The summed E-state index contributed by atoms with van der Waals surface area (Å²) in [5.74, 6) is -0.631. The van der Waals surface area contributed by atoms with E-state index in [1.807, 2.05) is 0 Å². The van der Waals surface area contributed by atoms with Gasteiger partial charge in [0.1, 0.15) is 11.2 Å². The fourth-order valence-electron chi connectivity index (χ4n) is 2.70. The zero-order valence-corrected chi connectivity index (χ0v) is 11.3. The highest BCUT2D eigenvalue weighted by Gasteiger charge is 2.51. The lowest BCUT2D eigenvalue weighted by Crippen LogP contribution is -2.49. The molecule has 2 aliphatic rings. The minimum atomic E-state index is -0.993. The Morgan fingerprint density at radius 2 is 2.29 bits per heavy atom. The molecule has 3 heterocycles. The van der Waals surface area contributed by atoms with Gasteiger partial charge in [0.25, 0.3) is 11.8 Å². The highest BCUT2D eigenvalue weighted by atomic mass is 16.2. The number of aromatic nitrogens is 2. The first-order valence-electron chi connectivity index (χ1n) is 6.69. The molecular formula is C12H16N6O3. The number of nitrogens with one attached hydrogen (secondary N) is 2. The van der Waals surface area contributed by atoms with Crippen LogP contribution in [0, 0.1) is 0 Å². The first-order valence-corrected chi connectivity index (χ1v) is 6.69. The monoisotopic (exact) mass is 292 g/mol. The van der Waals surface area contributed by atoms with Crippen LogP contribution in [0.4, 0.5) is 4.79 Å². The SMILES string of the molecule is NCCn1cnc(C(=O)N2CCC3(C2)NC(=O)NC3=O)c1. The molecule has 4 amide bonds. The van der Waals surface area contributed by atoms with Crippen molar-refractivity contribution in [1.82, 2.24) is 25.1 Å². The molecular weight excluding hydrogens is 276 g/mol. The third-order valence-electron chi connectivity index (χ3n) is 3.81. The second-order valence-corrected chi connectivity index (χ2v) is 5.25. The van der Waals surface area contributed by atoms with E-state index in [0.717, 1.165) is 0 Å². The molecule has 1 atom stereocenters. The van der Waals surface area contributed by atoms with Crippen LogP contribution in [-0.4, -0.2) is 57.5 Å². The molecule has 9 heteroatoms. The first kappa shape index (κ1) is 13.6. The number of imidazole rings is 1. The van der Waals surface area contributed by atoms with E-state index in [1.54, 1.807) is 17.1 Å². The molecule has 1 spiro atoms. The third kappa shape index (κ3) is 2.25. The number of hydrogen-bond acceptors (Lipinski definition) is 5. The van der Waals surface area contributed by atoms with E-state index in [4.69, 9.17) is 5.73 Å². The number of carbonyl (C=O) groups is 3. The topological polar surface area (TPSA) is 122 Å². The molecule has 0 aliphatic carbocycles. The van der Waals surface area contributed by atoms with Crippen molar-refractivity contribution < 1.29 is 14.4 Å². The van der Waals surface area contributed by atoms with E-state index in [-0.39, 0.29) is 18.4 Å². The van der Waals surface area contributed by atoms with Crippen LogP contribution >= 0.6 is 0 Å². The molecule has 1 aromatic rings. The van der Waals surface area contributed by atoms with Gasteiger partial charge in [0, 0.05) is 25.8 Å². The maximum Gasteiger partial charge on any atom is 0.322 e. The van der Waals surface area contributed by atoms with Gasteiger partial charge in [-0.15, -0.1) is 0 Å². The lowest BCUT2D eigenvalue weighted by Gasteiger charge is -2.20. The van der Waals surface area contributed by atoms with Crippen molar-refractivity contribution in [3.05, 3.63) is 18.2 Å². The number of amides is 4. The number of hydrogen-bond donors (Lipinski definition) is 3. The lowest BCUT2D eigenvalue weighted by molar-refractivity contribution is -0.123. The van der Waals surface area contributed by atoms with Gasteiger partial charge in [-0.1, -0.05) is 0 Å². The van der Waals surface area contributed by atoms with E-state index in [2.05, 4.69) is 15.6 Å². The van der Waals surface area contributed by atoms with Crippen molar-refractivity contribution in [3.63, 3.8) is 0 Å². The summed E-state index contributed by atoms with van der Waals surface area (Å²) in [5.41, 5.74) is 4.76. The fraction of sp³-hybridized carbons (Fsp3) is 0.500. The number of carbonyl (C=O) groups excluding carboxylic acids is 3. The molecule has 1 unspecified atom stereocenters. The number of urea groups is 1. The Labute approximate surface area is 120 Å². The molecule has 112 valence electrons. The molecule has 21 heavy (non-hydrogen) atoms. The number of nitrogens with two attached hydrogens (primary N) is 1. The highest BCUT2D eigenvalue weighted by Crippen LogP contribution is 2.25. The summed E-state index contributed by atoms with van der Waals surface area (Å²) < 4.78 is 1.74. The van der Waals surface area contributed by atoms with Gasteiger partial charge in [0.15, 0.2) is 0 Å². The maximum absolute atomic E-state index is 12.4. The summed E-state index contributed by atoms with van der Waals surface area (Å²) in [6.45, 7) is 1.61. The Kier molecular flexibility index (Phi) is 3.13. The van der Waals surface area contributed by atoms with Crippen molar-refractivity contribution in [1.29, 1.82) is 0 Å². The predicted octanol–water partition coefficient (Wildman–Crippen LogP) is -1.73. The number of nitrogens with zero attached hydrogens (tertiary/aromatic N) is 3. The average Bonchev–Trinajstić information content (AvgIpc) is 3.11. The largest absolute Gasteiger partial charge is 0.335 e. The minimum absolute atomic E-state index is 0.160. The van der Waals surface area contributed by atoms with Crippen molar-refractivity contribution in [2.24, 2.45) is 5.73 Å². The zero-order chi connectivity index (χ0) is 15.0. The van der Waals surface area contributed by atoms with Crippen LogP contribution in [-0.2, 0) is 11.3 Å². The van der Waals surface area contributed by atoms with Gasteiger partial charge in [-0.05, 0) is 6.42 Å². The highest BCUT2D eigenvalue weighted by molar-refractivity contribution is 6.08. The summed E-state index contributed by atoms with van der Waals surface area (Å²) in [6, 6.07) is -0.512. The normalized spacial score (nSPS) is 24.5. The molecule has 2 fully saturated rings. The predicted molar refractivity (Wildman–Crippen MR) is 71.2 cm³/mol. The summed E-state index contributed by atoms with van der Waals surface area (Å²) in [7, 11) is 0. The van der Waals surface area contributed by atoms with Gasteiger partial charge >= 0.3 is 6.03 Å². The molecule has 2 aliphatic heterocycles. The van der Waals surface area contributed by atoms with Crippen LogP contribution in [0.15, 0.2) is 12.5 Å². The van der Waals surface area contributed by atoms with E-state index in [1.165, 1.54) is 4.90 Å². The van der Waals surface area contributed by atoms with Gasteiger partial charge in [-0.3, -0.25) is 14.9 Å². The third-order valence-corrected chi connectivity index (χ3v) is 3.81. The fourth-order valence-corrected chi connectivity index (χ4v) is 2.70. The van der Waals surface area contributed by atoms with E-state index in [9.17, 15) is 14.4 Å². The van der Waals surface area contributed by atoms with Crippen molar-refractivity contribution >= 4 is 17.8 Å². The summed E-state index contributed by atoms with van der Waals surface area (Å²) >= 11 is 0. The molecule has 4 N–H and O–H groups in total. The molecule has 3 rings (SSSR count).